The Morgan fingerprint density at radius 3 is 2.25 bits per heavy atom. The fourth-order valence-corrected chi connectivity index (χ4v) is 2.08. The lowest BCUT2D eigenvalue weighted by molar-refractivity contribution is -0.107. The van der Waals surface area contributed by atoms with Crippen molar-refractivity contribution in [3.8, 4) is 0 Å². The molecule has 0 aromatic rings. The van der Waals surface area contributed by atoms with E-state index in [0.29, 0.717) is 6.42 Å². The molecule has 1 unspecified atom stereocenters. The highest BCUT2D eigenvalue weighted by molar-refractivity contribution is 5.48. The van der Waals surface area contributed by atoms with Crippen LogP contribution in [0.2, 0.25) is 0 Å². The van der Waals surface area contributed by atoms with Crippen LogP contribution in [0.15, 0.2) is 24.3 Å². The van der Waals surface area contributed by atoms with E-state index in [2.05, 4.69) is 13.0 Å². The van der Waals surface area contributed by atoms with E-state index in [4.69, 9.17) is 0 Å². The van der Waals surface area contributed by atoms with Crippen LogP contribution in [-0.4, -0.2) is 17.0 Å². The molecule has 0 aliphatic rings. The number of aliphatic hydroxyl groups is 1. The molecule has 0 rings (SSSR count). The molecule has 1 atom stereocenters. The standard InChI is InChI=1S/C18H32O2/c1-3-4-15-18(2,20)16-13-11-9-7-5-6-8-10-12-14-17-19/h9,11,13,16-17,20H,3-8,10,12,14-15H2,1-2H3. The van der Waals surface area contributed by atoms with Crippen LogP contribution in [-0.2, 0) is 4.79 Å². The van der Waals surface area contributed by atoms with E-state index in [1.165, 1.54) is 25.7 Å². The van der Waals surface area contributed by atoms with Crippen molar-refractivity contribution in [2.75, 3.05) is 0 Å². The summed E-state index contributed by atoms with van der Waals surface area (Å²) in [7, 11) is 0. The van der Waals surface area contributed by atoms with Crippen molar-refractivity contribution in [2.45, 2.75) is 83.7 Å². The summed E-state index contributed by atoms with van der Waals surface area (Å²) < 4.78 is 0. The minimum absolute atomic E-state index is 0.668. The fraction of sp³-hybridized carbons (Fsp3) is 0.722. The van der Waals surface area contributed by atoms with Gasteiger partial charge in [-0.25, -0.2) is 0 Å². The lowest BCUT2D eigenvalue weighted by Gasteiger charge is -2.17. The second-order valence-corrected chi connectivity index (χ2v) is 5.76. The van der Waals surface area contributed by atoms with Crippen LogP contribution in [0.1, 0.15) is 78.1 Å². The van der Waals surface area contributed by atoms with Crippen LogP contribution in [0.3, 0.4) is 0 Å². The minimum atomic E-state index is -0.668. The van der Waals surface area contributed by atoms with E-state index in [0.717, 1.165) is 38.4 Å². The minimum Gasteiger partial charge on any atom is -0.386 e. The molecule has 116 valence electrons. The van der Waals surface area contributed by atoms with Crippen molar-refractivity contribution in [3.05, 3.63) is 24.3 Å². The Hall–Kier alpha value is -0.890. The summed E-state index contributed by atoms with van der Waals surface area (Å²) in [6.07, 6.45) is 19.7. The van der Waals surface area contributed by atoms with E-state index in [-0.39, 0.29) is 0 Å². The molecule has 0 aliphatic heterocycles. The third kappa shape index (κ3) is 13.5. The maximum absolute atomic E-state index is 10.1. The lowest BCUT2D eigenvalue weighted by atomic mass is 9.99. The van der Waals surface area contributed by atoms with Gasteiger partial charge in [-0.3, -0.25) is 0 Å². The predicted molar refractivity (Wildman–Crippen MR) is 86.8 cm³/mol. The highest BCUT2D eigenvalue weighted by Gasteiger charge is 2.13. The summed E-state index contributed by atoms with van der Waals surface area (Å²) in [4.78, 5) is 10.1. The third-order valence-electron chi connectivity index (χ3n) is 3.43. The van der Waals surface area contributed by atoms with Gasteiger partial charge in [-0.1, -0.05) is 63.3 Å². The van der Waals surface area contributed by atoms with Crippen molar-refractivity contribution < 1.29 is 9.90 Å². The van der Waals surface area contributed by atoms with Crippen molar-refractivity contribution in [3.63, 3.8) is 0 Å². The highest BCUT2D eigenvalue weighted by Crippen LogP contribution is 2.15. The van der Waals surface area contributed by atoms with Gasteiger partial charge in [0.2, 0.25) is 0 Å². The van der Waals surface area contributed by atoms with Gasteiger partial charge >= 0.3 is 0 Å². The molecule has 0 aliphatic carbocycles. The van der Waals surface area contributed by atoms with Crippen molar-refractivity contribution in [2.24, 2.45) is 0 Å². The average molecular weight is 280 g/mol. The first-order valence-electron chi connectivity index (χ1n) is 8.13. The largest absolute Gasteiger partial charge is 0.386 e. The van der Waals surface area contributed by atoms with Crippen LogP contribution >= 0.6 is 0 Å². The maximum atomic E-state index is 10.1. The number of rotatable bonds is 13. The molecule has 0 fully saturated rings. The van der Waals surface area contributed by atoms with E-state index in [9.17, 15) is 9.90 Å². The van der Waals surface area contributed by atoms with Crippen LogP contribution in [0, 0.1) is 0 Å². The molecule has 0 radical (unpaired) electrons. The number of unbranched alkanes of at least 4 members (excludes halogenated alkanes) is 7. The van der Waals surface area contributed by atoms with Crippen LogP contribution < -0.4 is 0 Å². The van der Waals surface area contributed by atoms with Crippen LogP contribution in [0.4, 0.5) is 0 Å². The van der Waals surface area contributed by atoms with E-state index < -0.39 is 5.60 Å². The van der Waals surface area contributed by atoms with Gasteiger partial charge in [0.15, 0.2) is 0 Å². The lowest BCUT2D eigenvalue weighted by Crippen LogP contribution is -2.19. The summed E-state index contributed by atoms with van der Waals surface area (Å²) >= 11 is 0. The molecule has 0 bridgehead atoms. The molecule has 2 nitrogen and oxygen atoms in total. The van der Waals surface area contributed by atoms with Gasteiger partial charge in [-0.15, -0.1) is 0 Å². The highest BCUT2D eigenvalue weighted by atomic mass is 16.3. The van der Waals surface area contributed by atoms with Gasteiger partial charge in [-0.2, -0.15) is 0 Å². The summed E-state index contributed by atoms with van der Waals surface area (Å²) in [6.45, 7) is 4.00. The second-order valence-electron chi connectivity index (χ2n) is 5.76. The average Bonchev–Trinajstić information content (AvgIpc) is 2.42. The molecule has 0 aromatic heterocycles. The molecule has 0 heterocycles. The zero-order valence-corrected chi connectivity index (χ0v) is 13.3. The monoisotopic (exact) mass is 280 g/mol. The molecule has 0 aromatic carbocycles. The molecule has 0 spiro atoms. The first kappa shape index (κ1) is 19.1. The molecule has 0 saturated heterocycles. The van der Waals surface area contributed by atoms with Gasteiger partial charge in [0, 0.05) is 6.42 Å². The van der Waals surface area contributed by atoms with Gasteiger partial charge in [0.25, 0.3) is 0 Å². The third-order valence-corrected chi connectivity index (χ3v) is 3.43. The Balaban J connectivity index is 3.53. The molecular formula is C18H32O2. The predicted octanol–water partition coefficient (Wildman–Crippen LogP) is 4.97. The van der Waals surface area contributed by atoms with E-state index in [1.807, 2.05) is 25.2 Å². The van der Waals surface area contributed by atoms with Gasteiger partial charge in [0.05, 0.1) is 5.60 Å². The molecule has 0 saturated carbocycles. The Labute approximate surface area is 125 Å². The maximum Gasteiger partial charge on any atom is 0.119 e. The second kappa shape index (κ2) is 13.1. The Bertz CT molecular complexity index is 277. The number of aldehydes is 1. The fourth-order valence-electron chi connectivity index (χ4n) is 2.08. The number of carbonyl (C=O) groups is 1. The number of allylic oxidation sites excluding steroid dienone is 3. The Morgan fingerprint density at radius 1 is 0.950 bits per heavy atom. The number of hydrogen-bond acceptors (Lipinski definition) is 2. The first-order chi connectivity index (χ1) is 9.62. The van der Waals surface area contributed by atoms with E-state index >= 15 is 0 Å². The normalized spacial score (nSPS) is 14.9. The smallest absolute Gasteiger partial charge is 0.119 e. The quantitative estimate of drug-likeness (QED) is 0.294. The van der Waals surface area contributed by atoms with Gasteiger partial charge < -0.3 is 9.90 Å². The molecule has 20 heavy (non-hydrogen) atoms. The molecule has 0 amide bonds. The topological polar surface area (TPSA) is 37.3 Å². The van der Waals surface area contributed by atoms with Gasteiger partial charge in [0.1, 0.15) is 6.29 Å². The number of carbonyl (C=O) groups excluding carboxylic acids is 1. The Morgan fingerprint density at radius 2 is 1.60 bits per heavy atom. The summed E-state index contributed by atoms with van der Waals surface area (Å²) in [5.74, 6) is 0. The number of hydrogen-bond donors (Lipinski definition) is 1. The first-order valence-corrected chi connectivity index (χ1v) is 8.13. The van der Waals surface area contributed by atoms with Crippen molar-refractivity contribution in [1.29, 1.82) is 0 Å². The zero-order valence-electron chi connectivity index (χ0n) is 13.3. The Kier molecular flexibility index (Phi) is 12.5. The summed E-state index contributed by atoms with van der Waals surface area (Å²) in [6, 6.07) is 0. The summed E-state index contributed by atoms with van der Waals surface area (Å²) in [5, 5.41) is 10.0. The van der Waals surface area contributed by atoms with E-state index in [1.54, 1.807) is 0 Å². The summed E-state index contributed by atoms with van der Waals surface area (Å²) in [5.41, 5.74) is -0.668. The van der Waals surface area contributed by atoms with Gasteiger partial charge in [-0.05, 0) is 32.6 Å². The van der Waals surface area contributed by atoms with Crippen LogP contribution in [0.5, 0.6) is 0 Å². The molecular weight excluding hydrogens is 248 g/mol. The SMILES string of the molecule is CCCCC(C)(O)C=CC=CCCCCCCCC=O. The molecule has 2 heteroatoms. The molecule has 1 N–H and O–H groups in total. The van der Waals surface area contributed by atoms with Crippen molar-refractivity contribution >= 4 is 6.29 Å². The van der Waals surface area contributed by atoms with Crippen LogP contribution in [0.25, 0.3) is 0 Å². The zero-order chi connectivity index (χ0) is 15.1. The van der Waals surface area contributed by atoms with Crippen molar-refractivity contribution in [1.82, 2.24) is 0 Å².